The number of carbonyl (C=O) groups excluding carboxylic acids is 2. The van der Waals surface area contributed by atoms with E-state index < -0.39 is 18.0 Å². The zero-order chi connectivity index (χ0) is 14.0. The number of carbonyl (C=O) groups is 3. The Hall–Kier alpha value is -1.83. The second-order valence-electron chi connectivity index (χ2n) is 3.67. The van der Waals surface area contributed by atoms with Gasteiger partial charge in [-0.15, -0.1) is 0 Å². The van der Waals surface area contributed by atoms with Gasteiger partial charge in [0.15, 0.2) is 6.04 Å². The van der Waals surface area contributed by atoms with Crippen LogP contribution >= 0.6 is 0 Å². The molecular weight excluding hydrogens is 242 g/mol. The lowest BCUT2D eigenvalue weighted by molar-refractivity contribution is -0.140. The van der Waals surface area contributed by atoms with Crippen molar-refractivity contribution >= 4 is 17.9 Å². The number of primary amides is 1. The van der Waals surface area contributed by atoms with Gasteiger partial charge in [-0.3, -0.25) is 4.79 Å². The van der Waals surface area contributed by atoms with Crippen LogP contribution in [0.25, 0.3) is 0 Å². The van der Waals surface area contributed by atoms with Crippen LogP contribution in [0.4, 0.5) is 4.79 Å². The molecule has 8 heteroatoms. The zero-order valence-electron chi connectivity index (χ0n) is 10.3. The molecule has 0 saturated carbocycles. The lowest BCUT2D eigenvalue weighted by Gasteiger charge is -2.14. The van der Waals surface area contributed by atoms with Gasteiger partial charge < -0.3 is 26.2 Å². The van der Waals surface area contributed by atoms with E-state index in [9.17, 15) is 14.4 Å². The molecule has 0 radical (unpaired) electrons. The molecule has 8 nitrogen and oxygen atoms in total. The van der Waals surface area contributed by atoms with Gasteiger partial charge in [0.2, 0.25) is 5.91 Å². The number of hydrogen-bond donors (Lipinski definition) is 4. The van der Waals surface area contributed by atoms with E-state index >= 15 is 0 Å². The number of hydrogen-bond acceptors (Lipinski definition) is 4. The minimum atomic E-state index is -1.17. The summed E-state index contributed by atoms with van der Waals surface area (Å²) < 4.78 is 4.66. The highest BCUT2D eigenvalue weighted by molar-refractivity contribution is 5.82. The number of ether oxygens (including phenoxy) is 1. The van der Waals surface area contributed by atoms with Crippen LogP contribution in [0.1, 0.15) is 19.3 Å². The third-order valence-corrected chi connectivity index (χ3v) is 2.07. The van der Waals surface area contributed by atoms with E-state index in [2.05, 4.69) is 15.4 Å². The van der Waals surface area contributed by atoms with E-state index in [1.807, 2.05) is 0 Å². The number of carboxylic acids is 1. The number of unbranched alkanes of at least 4 members (excludes halogenated alkanes) is 1. The first-order chi connectivity index (χ1) is 8.47. The Morgan fingerprint density at radius 1 is 1.33 bits per heavy atom. The topological polar surface area (TPSA) is 131 Å². The van der Waals surface area contributed by atoms with E-state index in [1.54, 1.807) is 0 Å². The fourth-order valence-electron chi connectivity index (χ4n) is 1.18. The summed E-state index contributed by atoms with van der Waals surface area (Å²) in [6.45, 7) is 0.239. The van der Waals surface area contributed by atoms with Crippen molar-refractivity contribution in [2.24, 2.45) is 5.73 Å². The number of urea groups is 1. The number of nitrogens with two attached hydrogens (primary N) is 1. The van der Waals surface area contributed by atoms with Gasteiger partial charge in [0.05, 0.1) is 6.61 Å². The molecular formula is C10H19N3O5. The van der Waals surface area contributed by atoms with Crippen molar-refractivity contribution in [1.29, 1.82) is 0 Å². The van der Waals surface area contributed by atoms with Crippen molar-refractivity contribution in [1.82, 2.24) is 10.6 Å². The maximum absolute atomic E-state index is 11.3. The van der Waals surface area contributed by atoms with Crippen molar-refractivity contribution < 1.29 is 24.2 Å². The third kappa shape index (κ3) is 8.34. The zero-order valence-corrected chi connectivity index (χ0v) is 10.3. The first kappa shape index (κ1) is 16.2. The molecule has 0 saturated heterocycles. The van der Waals surface area contributed by atoms with Gasteiger partial charge in [0.1, 0.15) is 0 Å². The minimum Gasteiger partial charge on any atom is -0.480 e. The average molecular weight is 261 g/mol. The standard InChI is InChI=1S/C10H19N3O5/c1-18-6-7(9(15)16)13-10(17)12-5-3-2-4-8(11)14/h7H,2-6H2,1H3,(H2,11,14)(H,15,16)(H2,12,13,17). The summed E-state index contributed by atoms with van der Waals surface area (Å²) in [6, 6.07) is -1.67. The molecule has 5 N–H and O–H groups in total. The second kappa shape index (κ2) is 9.23. The van der Waals surface area contributed by atoms with Crippen molar-refractivity contribution in [3.05, 3.63) is 0 Å². The highest BCUT2D eigenvalue weighted by atomic mass is 16.5. The largest absolute Gasteiger partial charge is 0.480 e. The molecule has 0 rings (SSSR count). The molecule has 1 unspecified atom stereocenters. The number of rotatable bonds is 9. The number of aliphatic carboxylic acids is 1. The lowest BCUT2D eigenvalue weighted by atomic mass is 10.2. The van der Waals surface area contributed by atoms with Crippen molar-refractivity contribution in [3.63, 3.8) is 0 Å². The minimum absolute atomic E-state index is 0.107. The Kier molecular flexibility index (Phi) is 8.29. The summed E-state index contributed by atoms with van der Waals surface area (Å²) in [5.74, 6) is -1.55. The smallest absolute Gasteiger partial charge is 0.328 e. The van der Waals surface area contributed by atoms with Crippen LogP contribution in [0.2, 0.25) is 0 Å². The predicted octanol–water partition coefficient (Wildman–Crippen LogP) is -0.959. The summed E-state index contributed by atoms with van der Waals surface area (Å²) in [5.41, 5.74) is 4.95. The lowest BCUT2D eigenvalue weighted by Crippen LogP contribution is -2.48. The summed E-state index contributed by atoms with van der Waals surface area (Å²) in [4.78, 5) is 32.4. The fraction of sp³-hybridized carbons (Fsp3) is 0.700. The Labute approximate surface area is 105 Å². The molecule has 0 aromatic carbocycles. The quantitative estimate of drug-likeness (QED) is 0.397. The molecule has 0 aromatic rings. The van der Waals surface area contributed by atoms with Gasteiger partial charge in [-0.25, -0.2) is 9.59 Å². The molecule has 0 spiro atoms. The van der Waals surface area contributed by atoms with Crippen LogP contribution in [0.5, 0.6) is 0 Å². The van der Waals surface area contributed by atoms with Crippen LogP contribution in [-0.4, -0.2) is 49.3 Å². The molecule has 0 aromatic heterocycles. The molecule has 1 atom stereocenters. The van der Waals surface area contributed by atoms with Gasteiger partial charge in [-0.2, -0.15) is 0 Å². The first-order valence-corrected chi connectivity index (χ1v) is 5.51. The highest BCUT2D eigenvalue weighted by Crippen LogP contribution is 1.92. The summed E-state index contributed by atoms with van der Waals surface area (Å²) in [6.07, 6.45) is 1.44. The van der Waals surface area contributed by atoms with Crippen molar-refractivity contribution in [2.45, 2.75) is 25.3 Å². The Bertz CT molecular complexity index is 295. The number of amides is 3. The van der Waals surface area contributed by atoms with Gasteiger partial charge >= 0.3 is 12.0 Å². The Morgan fingerprint density at radius 2 is 2.00 bits per heavy atom. The van der Waals surface area contributed by atoms with Crippen LogP contribution in [0, 0.1) is 0 Å². The van der Waals surface area contributed by atoms with E-state index in [4.69, 9.17) is 10.8 Å². The Morgan fingerprint density at radius 3 is 2.50 bits per heavy atom. The maximum atomic E-state index is 11.3. The summed E-state index contributed by atoms with van der Waals surface area (Å²) in [5, 5.41) is 13.5. The predicted molar refractivity (Wildman–Crippen MR) is 62.9 cm³/mol. The summed E-state index contributed by atoms with van der Waals surface area (Å²) in [7, 11) is 1.35. The monoisotopic (exact) mass is 261 g/mol. The molecule has 3 amide bonds. The van der Waals surface area contributed by atoms with Gasteiger partial charge in [0.25, 0.3) is 0 Å². The van der Waals surface area contributed by atoms with E-state index in [0.717, 1.165) is 0 Å². The molecule has 0 fully saturated rings. The first-order valence-electron chi connectivity index (χ1n) is 5.51. The van der Waals surface area contributed by atoms with E-state index in [1.165, 1.54) is 7.11 Å². The average Bonchev–Trinajstić information content (AvgIpc) is 2.27. The van der Waals surface area contributed by atoms with E-state index in [0.29, 0.717) is 19.4 Å². The molecule has 0 aliphatic carbocycles. The molecule has 0 heterocycles. The maximum Gasteiger partial charge on any atom is 0.328 e. The number of nitrogens with one attached hydrogen (secondary N) is 2. The second-order valence-corrected chi connectivity index (χ2v) is 3.67. The van der Waals surface area contributed by atoms with Gasteiger partial charge in [-0.1, -0.05) is 0 Å². The van der Waals surface area contributed by atoms with E-state index in [-0.39, 0.29) is 18.9 Å². The number of carboxylic acid groups (broad SMARTS) is 1. The molecule has 0 bridgehead atoms. The molecule has 0 aliphatic rings. The van der Waals surface area contributed by atoms with Gasteiger partial charge in [0, 0.05) is 20.1 Å². The molecule has 0 aliphatic heterocycles. The third-order valence-electron chi connectivity index (χ3n) is 2.07. The highest BCUT2D eigenvalue weighted by Gasteiger charge is 2.19. The molecule has 104 valence electrons. The van der Waals surface area contributed by atoms with Crippen LogP contribution < -0.4 is 16.4 Å². The molecule has 18 heavy (non-hydrogen) atoms. The van der Waals surface area contributed by atoms with Crippen molar-refractivity contribution in [2.75, 3.05) is 20.3 Å². The van der Waals surface area contributed by atoms with Crippen LogP contribution in [0.15, 0.2) is 0 Å². The van der Waals surface area contributed by atoms with Crippen LogP contribution in [-0.2, 0) is 14.3 Å². The van der Waals surface area contributed by atoms with Gasteiger partial charge in [-0.05, 0) is 12.8 Å². The Balaban J connectivity index is 3.74. The van der Waals surface area contributed by atoms with Crippen molar-refractivity contribution in [3.8, 4) is 0 Å². The SMILES string of the molecule is COCC(NC(=O)NCCCCC(N)=O)C(=O)O. The van der Waals surface area contributed by atoms with Crippen LogP contribution in [0.3, 0.4) is 0 Å². The number of methoxy groups -OCH3 is 1. The summed E-state index contributed by atoms with van der Waals surface area (Å²) >= 11 is 0. The fourth-order valence-corrected chi connectivity index (χ4v) is 1.18. The normalized spacial score (nSPS) is 11.6.